The monoisotopic (exact) mass is 371 g/mol. The molecular weight excluding hydrogens is 342 g/mol. The van der Waals surface area contributed by atoms with Crippen LogP contribution < -0.4 is 10.1 Å². The van der Waals surface area contributed by atoms with Gasteiger partial charge in [0.1, 0.15) is 18.1 Å². The first-order chi connectivity index (χ1) is 12.8. The third kappa shape index (κ3) is 6.08. The molecule has 0 heterocycles. The molecule has 2 atom stereocenters. The molecule has 0 aromatic heterocycles. The normalized spacial score (nSPS) is 13.2. The van der Waals surface area contributed by atoms with Crippen LogP contribution in [0.5, 0.6) is 11.5 Å². The second kappa shape index (κ2) is 9.53. The second-order valence-corrected chi connectivity index (χ2v) is 7.06. The molecule has 2 aromatic rings. The zero-order valence-corrected chi connectivity index (χ0v) is 16.5. The van der Waals surface area contributed by atoms with Gasteiger partial charge < -0.3 is 20.3 Å². The first-order valence-electron chi connectivity index (χ1n) is 9.20. The number of aliphatic hydroxyl groups is 1. The topological polar surface area (TPSA) is 78.8 Å². The van der Waals surface area contributed by atoms with Crippen molar-refractivity contribution in [3.8, 4) is 11.5 Å². The summed E-state index contributed by atoms with van der Waals surface area (Å²) in [7, 11) is 0. The SMILES string of the molecule is CC(=O)COc1cc(C)c(CCNC(C)C(O)c2ccc(O)cc2)cc1C. The number of phenols is 1. The molecule has 0 amide bonds. The van der Waals surface area contributed by atoms with Crippen LogP contribution in [0.3, 0.4) is 0 Å². The lowest BCUT2D eigenvalue weighted by Crippen LogP contribution is -2.33. The fraction of sp³-hybridized carbons (Fsp3) is 0.409. The summed E-state index contributed by atoms with van der Waals surface area (Å²) in [5.74, 6) is 0.935. The molecule has 3 N–H and O–H groups in total. The van der Waals surface area contributed by atoms with E-state index in [0.717, 1.165) is 35.4 Å². The predicted molar refractivity (Wildman–Crippen MR) is 106 cm³/mol. The number of aromatic hydroxyl groups is 1. The highest BCUT2D eigenvalue weighted by molar-refractivity contribution is 5.77. The Morgan fingerprint density at radius 2 is 1.81 bits per heavy atom. The van der Waals surface area contributed by atoms with E-state index < -0.39 is 6.10 Å². The molecule has 5 nitrogen and oxygen atoms in total. The number of aryl methyl sites for hydroxylation is 2. The molecule has 2 aromatic carbocycles. The number of hydrogen-bond acceptors (Lipinski definition) is 5. The maximum atomic E-state index is 11.1. The number of Topliss-reactive ketones (excluding diaryl/α,β-unsaturated/α-hetero) is 1. The van der Waals surface area contributed by atoms with Gasteiger partial charge in [-0.3, -0.25) is 4.79 Å². The highest BCUT2D eigenvalue weighted by atomic mass is 16.5. The van der Waals surface area contributed by atoms with E-state index in [0.29, 0.717) is 0 Å². The van der Waals surface area contributed by atoms with Crippen molar-refractivity contribution in [2.45, 2.75) is 46.3 Å². The van der Waals surface area contributed by atoms with Crippen LogP contribution in [-0.2, 0) is 11.2 Å². The number of ether oxygens (including phenoxy) is 1. The lowest BCUT2D eigenvalue weighted by molar-refractivity contribution is -0.118. The number of phenolic OH excluding ortho intramolecular Hbond substituents is 1. The molecular formula is C22H29NO4. The minimum atomic E-state index is -0.643. The lowest BCUT2D eigenvalue weighted by Gasteiger charge is -2.21. The summed E-state index contributed by atoms with van der Waals surface area (Å²) in [6, 6.07) is 10.6. The molecule has 0 bridgehead atoms. The van der Waals surface area contributed by atoms with E-state index >= 15 is 0 Å². The van der Waals surface area contributed by atoms with Crippen molar-refractivity contribution in [2.75, 3.05) is 13.2 Å². The molecule has 146 valence electrons. The van der Waals surface area contributed by atoms with Crippen molar-refractivity contribution in [1.82, 2.24) is 5.32 Å². The van der Waals surface area contributed by atoms with Gasteiger partial charge in [0.15, 0.2) is 5.78 Å². The van der Waals surface area contributed by atoms with Crippen LogP contribution in [-0.4, -0.2) is 35.2 Å². The number of benzene rings is 2. The molecule has 5 heteroatoms. The Bertz CT molecular complexity index is 771. The first kappa shape index (κ1) is 20.9. The van der Waals surface area contributed by atoms with Crippen LogP contribution in [0.25, 0.3) is 0 Å². The maximum Gasteiger partial charge on any atom is 0.167 e. The van der Waals surface area contributed by atoms with Crippen LogP contribution in [0.15, 0.2) is 36.4 Å². The third-order valence-corrected chi connectivity index (χ3v) is 4.63. The summed E-state index contributed by atoms with van der Waals surface area (Å²) in [6.07, 6.45) is 0.183. The second-order valence-electron chi connectivity index (χ2n) is 7.06. The number of rotatable bonds is 9. The molecule has 2 rings (SSSR count). The lowest BCUT2D eigenvalue weighted by atomic mass is 10.0. The largest absolute Gasteiger partial charge is 0.508 e. The van der Waals surface area contributed by atoms with Crippen molar-refractivity contribution in [1.29, 1.82) is 0 Å². The smallest absolute Gasteiger partial charge is 0.167 e. The van der Waals surface area contributed by atoms with Crippen LogP contribution in [0.1, 0.15) is 42.2 Å². The van der Waals surface area contributed by atoms with Gasteiger partial charge in [0.2, 0.25) is 0 Å². The van der Waals surface area contributed by atoms with Gasteiger partial charge >= 0.3 is 0 Å². The Hall–Kier alpha value is -2.37. The molecule has 2 unspecified atom stereocenters. The molecule has 0 saturated heterocycles. The van der Waals surface area contributed by atoms with E-state index in [1.54, 1.807) is 24.3 Å². The number of aliphatic hydroxyl groups excluding tert-OH is 1. The van der Waals surface area contributed by atoms with Gasteiger partial charge in [-0.15, -0.1) is 0 Å². The average Bonchev–Trinajstić information content (AvgIpc) is 2.62. The van der Waals surface area contributed by atoms with Crippen molar-refractivity contribution in [3.05, 3.63) is 58.7 Å². The summed E-state index contributed by atoms with van der Waals surface area (Å²) in [6.45, 7) is 8.27. The van der Waals surface area contributed by atoms with E-state index in [4.69, 9.17) is 4.74 Å². The molecule has 0 aliphatic heterocycles. The van der Waals surface area contributed by atoms with E-state index in [1.807, 2.05) is 26.8 Å². The molecule has 0 radical (unpaired) electrons. The maximum absolute atomic E-state index is 11.1. The molecule has 0 saturated carbocycles. The predicted octanol–water partition coefficient (Wildman–Crippen LogP) is 3.23. The van der Waals surface area contributed by atoms with Gasteiger partial charge in [0.25, 0.3) is 0 Å². The van der Waals surface area contributed by atoms with Gasteiger partial charge in [0, 0.05) is 6.04 Å². The number of carbonyl (C=O) groups excluding carboxylic acids is 1. The molecule has 0 fully saturated rings. The van der Waals surface area contributed by atoms with E-state index in [2.05, 4.69) is 11.4 Å². The highest BCUT2D eigenvalue weighted by Gasteiger charge is 2.16. The minimum Gasteiger partial charge on any atom is -0.508 e. The molecule has 0 aliphatic carbocycles. The van der Waals surface area contributed by atoms with E-state index in [1.165, 1.54) is 12.5 Å². The summed E-state index contributed by atoms with van der Waals surface area (Å²) in [5.41, 5.74) is 4.11. The fourth-order valence-corrected chi connectivity index (χ4v) is 2.96. The fourth-order valence-electron chi connectivity index (χ4n) is 2.96. The zero-order chi connectivity index (χ0) is 20.0. The zero-order valence-electron chi connectivity index (χ0n) is 16.5. The van der Waals surface area contributed by atoms with Crippen LogP contribution >= 0.6 is 0 Å². The number of carbonyl (C=O) groups is 1. The number of nitrogens with one attached hydrogen (secondary N) is 1. The third-order valence-electron chi connectivity index (χ3n) is 4.63. The highest BCUT2D eigenvalue weighted by Crippen LogP contribution is 2.24. The Balaban J connectivity index is 1.91. The van der Waals surface area contributed by atoms with Gasteiger partial charge in [-0.1, -0.05) is 18.2 Å². The van der Waals surface area contributed by atoms with Crippen molar-refractivity contribution in [2.24, 2.45) is 0 Å². The summed E-state index contributed by atoms with van der Waals surface area (Å²) in [4.78, 5) is 11.1. The quantitative estimate of drug-likeness (QED) is 0.631. The van der Waals surface area contributed by atoms with Gasteiger partial charge in [-0.25, -0.2) is 0 Å². The Labute approximate surface area is 161 Å². The Morgan fingerprint density at radius 3 is 2.44 bits per heavy atom. The summed E-state index contributed by atoms with van der Waals surface area (Å²) < 4.78 is 5.55. The first-order valence-corrected chi connectivity index (χ1v) is 9.20. The van der Waals surface area contributed by atoms with Crippen molar-refractivity contribution >= 4 is 5.78 Å². The standard InChI is InChI=1S/C22H29NO4/c1-14-12-21(27-13-16(3)24)15(2)11-19(14)9-10-23-17(4)22(26)18-5-7-20(25)8-6-18/h5-8,11-12,17,22-23,25-26H,9-10,13H2,1-4H3. The number of ketones is 1. The van der Waals surface area contributed by atoms with Crippen LogP contribution in [0.2, 0.25) is 0 Å². The van der Waals surface area contributed by atoms with Gasteiger partial charge in [-0.05, 0) is 81.1 Å². The molecule has 0 aliphatic rings. The molecule has 0 spiro atoms. The van der Waals surface area contributed by atoms with Crippen molar-refractivity contribution in [3.63, 3.8) is 0 Å². The number of hydrogen-bond donors (Lipinski definition) is 3. The Kier molecular flexibility index (Phi) is 7.39. The van der Waals surface area contributed by atoms with Gasteiger partial charge in [0.05, 0.1) is 6.10 Å². The van der Waals surface area contributed by atoms with Crippen LogP contribution in [0.4, 0.5) is 0 Å². The molecule has 27 heavy (non-hydrogen) atoms. The van der Waals surface area contributed by atoms with Gasteiger partial charge in [-0.2, -0.15) is 0 Å². The summed E-state index contributed by atoms with van der Waals surface area (Å²) >= 11 is 0. The Morgan fingerprint density at radius 1 is 1.15 bits per heavy atom. The summed E-state index contributed by atoms with van der Waals surface area (Å²) in [5, 5.41) is 23.1. The van der Waals surface area contributed by atoms with E-state index in [9.17, 15) is 15.0 Å². The average molecular weight is 371 g/mol. The minimum absolute atomic E-state index is 0.00139. The van der Waals surface area contributed by atoms with Crippen molar-refractivity contribution < 1.29 is 19.7 Å². The van der Waals surface area contributed by atoms with E-state index in [-0.39, 0.29) is 24.2 Å². The van der Waals surface area contributed by atoms with Crippen LogP contribution in [0, 0.1) is 13.8 Å².